The Hall–Kier alpha value is -3.16. The summed E-state index contributed by atoms with van der Waals surface area (Å²) in [6.07, 6.45) is 9.07. The molecule has 1 spiro atoms. The van der Waals surface area contributed by atoms with Crippen LogP contribution in [0.15, 0.2) is 35.4 Å². The zero-order valence-electron chi connectivity index (χ0n) is 16.0. The fourth-order valence-corrected chi connectivity index (χ4v) is 4.21. The maximum absolute atomic E-state index is 13.4. The van der Waals surface area contributed by atoms with Crippen LogP contribution in [0.2, 0.25) is 0 Å². The molecule has 0 radical (unpaired) electrons. The highest BCUT2D eigenvalue weighted by molar-refractivity contribution is 5.97. The number of hydrogen-bond donors (Lipinski definition) is 3. The van der Waals surface area contributed by atoms with E-state index in [4.69, 9.17) is 5.73 Å². The second-order valence-electron chi connectivity index (χ2n) is 7.52. The second kappa shape index (κ2) is 6.78. The molecule has 2 unspecified atom stereocenters. The van der Waals surface area contributed by atoms with Gasteiger partial charge in [0.15, 0.2) is 0 Å². The van der Waals surface area contributed by atoms with Crippen LogP contribution in [-0.4, -0.2) is 20.4 Å². The van der Waals surface area contributed by atoms with E-state index in [9.17, 15) is 9.59 Å². The Labute approximate surface area is 162 Å². The summed E-state index contributed by atoms with van der Waals surface area (Å²) >= 11 is 0. The summed E-state index contributed by atoms with van der Waals surface area (Å²) < 4.78 is 1.61. The van der Waals surface area contributed by atoms with E-state index in [-0.39, 0.29) is 11.5 Å². The van der Waals surface area contributed by atoms with Gasteiger partial charge in [0, 0.05) is 6.07 Å². The molecule has 2 aromatic rings. The van der Waals surface area contributed by atoms with Crippen LogP contribution in [0.25, 0.3) is 0 Å². The number of carbonyl (C=O) groups is 1. The number of carbonyl (C=O) groups excluding carboxylic acids is 1. The number of fused-ring (bicyclic) bond motifs is 2. The molecular weight excluding hydrogens is 356 g/mol. The lowest BCUT2D eigenvalue weighted by molar-refractivity contribution is 0.0926. The zero-order chi connectivity index (χ0) is 19.9. The lowest BCUT2D eigenvalue weighted by Gasteiger charge is -2.31. The molecule has 1 amide bonds. The number of nitrogen functional groups attached to an aromatic ring is 1. The molecule has 2 atom stereocenters. The van der Waals surface area contributed by atoms with Gasteiger partial charge in [0.1, 0.15) is 35.0 Å². The average Bonchev–Trinajstić information content (AvgIpc) is 2.80. The third kappa shape index (κ3) is 2.94. The van der Waals surface area contributed by atoms with Crippen LogP contribution in [0.1, 0.15) is 48.7 Å². The highest BCUT2D eigenvalue weighted by Gasteiger charge is 2.44. The number of amides is 1. The van der Waals surface area contributed by atoms with Crippen molar-refractivity contribution < 1.29 is 4.79 Å². The van der Waals surface area contributed by atoms with Crippen molar-refractivity contribution in [1.82, 2.24) is 19.9 Å². The Morgan fingerprint density at radius 1 is 1.36 bits per heavy atom. The Morgan fingerprint density at radius 3 is 2.93 bits per heavy atom. The van der Waals surface area contributed by atoms with E-state index in [2.05, 4.69) is 33.6 Å². The topological polar surface area (TPSA) is 115 Å². The highest BCUT2D eigenvalue weighted by Crippen LogP contribution is 2.36. The van der Waals surface area contributed by atoms with Crippen LogP contribution >= 0.6 is 0 Å². The minimum atomic E-state index is -0.826. The van der Waals surface area contributed by atoms with Crippen LogP contribution in [0.5, 0.6) is 0 Å². The monoisotopic (exact) mass is 380 g/mol. The van der Waals surface area contributed by atoms with Gasteiger partial charge in [0.05, 0.1) is 0 Å². The molecule has 28 heavy (non-hydrogen) atoms. The number of anilines is 3. The van der Waals surface area contributed by atoms with E-state index < -0.39 is 5.66 Å². The van der Waals surface area contributed by atoms with Crippen molar-refractivity contribution in [3.63, 3.8) is 0 Å². The molecule has 1 aliphatic carbocycles. The van der Waals surface area contributed by atoms with Gasteiger partial charge in [0.25, 0.3) is 11.5 Å². The van der Waals surface area contributed by atoms with Crippen molar-refractivity contribution in [2.45, 2.75) is 45.2 Å². The average molecular weight is 380 g/mol. The Bertz CT molecular complexity index is 1030. The van der Waals surface area contributed by atoms with Gasteiger partial charge in [-0.2, -0.15) is 0 Å². The van der Waals surface area contributed by atoms with Gasteiger partial charge in [-0.15, -0.1) is 0 Å². The molecule has 0 saturated carbocycles. The zero-order valence-corrected chi connectivity index (χ0v) is 16.0. The summed E-state index contributed by atoms with van der Waals surface area (Å²) in [4.78, 5) is 34.2. The van der Waals surface area contributed by atoms with Crippen molar-refractivity contribution in [3.8, 4) is 0 Å². The Morgan fingerprint density at radius 2 is 2.18 bits per heavy atom. The van der Waals surface area contributed by atoms with E-state index in [0.29, 0.717) is 35.4 Å². The van der Waals surface area contributed by atoms with Gasteiger partial charge in [-0.05, 0) is 49.8 Å². The number of nitrogens with zero attached hydrogens (tertiary/aromatic N) is 3. The number of rotatable bonds is 3. The number of aryl methyl sites for hydroxylation is 1. The summed E-state index contributed by atoms with van der Waals surface area (Å²) in [7, 11) is 0. The molecule has 1 aliphatic heterocycles. The molecule has 0 saturated heterocycles. The molecule has 0 fully saturated rings. The van der Waals surface area contributed by atoms with Crippen molar-refractivity contribution >= 4 is 23.2 Å². The van der Waals surface area contributed by atoms with Crippen molar-refractivity contribution in [2.24, 2.45) is 5.92 Å². The summed E-state index contributed by atoms with van der Waals surface area (Å²) in [6, 6.07) is 3.24. The second-order valence-corrected chi connectivity index (χ2v) is 7.52. The molecule has 8 nitrogen and oxygen atoms in total. The SMILES string of the molecule is CCC1CCC=CC2(C1)NC(=O)c1c(C)cc(Nc3cc(N)ncn3)c(=O)n12. The lowest BCUT2D eigenvalue weighted by Crippen LogP contribution is -2.47. The first kappa shape index (κ1) is 18.2. The molecule has 146 valence electrons. The number of nitrogens with two attached hydrogens (primary N) is 1. The van der Waals surface area contributed by atoms with Crippen LogP contribution in [0.3, 0.4) is 0 Å². The van der Waals surface area contributed by atoms with Gasteiger partial charge in [0.2, 0.25) is 0 Å². The molecular formula is C20H24N6O2. The fourth-order valence-electron chi connectivity index (χ4n) is 4.21. The van der Waals surface area contributed by atoms with E-state index in [0.717, 1.165) is 24.8 Å². The number of aromatic nitrogens is 3. The van der Waals surface area contributed by atoms with Gasteiger partial charge >= 0.3 is 0 Å². The predicted octanol–water partition coefficient (Wildman–Crippen LogP) is 2.44. The quantitative estimate of drug-likeness (QED) is 0.705. The van der Waals surface area contributed by atoms with Crippen molar-refractivity contribution in [1.29, 1.82) is 0 Å². The fraction of sp³-hybridized carbons (Fsp3) is 0.400. The maximum Gasteiger partial charge on any atom is 0.277 e. The maximum atomic E-state index is 13.4. The third-order valence-electron chi connectivity index (χ3n) is 5.60. The predicted molar refractivity (Wildman–Crippen MR) is 107 cm³/mol. The largest absolute Gasteiger partial charge is 0.384 e. The first-order valence-corrected chi connectivity index (χ1v) is 9.55. The van der Waals surface area contributed by atoms with Crippen LogP contribution in [0, 0.1) is 12.8 Å². The third-order valence-corrected chi connectivity index (χ3v) is 5.60. The molecule has 3 heterocycles. The van der Waals surface area contributed by atoms with E-state index in [1.807, 2.05) is 13.0 Å². The summed E-state index contributed by atoms with van der Waals surface area (Å²) in [5, 5.41) is 6.12. The first-order valence-electron chi connectivity index (χ1n) is 9.55. The molecule has 4 N–H and O–H groups in total. The van der Waals surface area contributed by atoms with Gasteiger partial charge < -0.3 is 16.4 Å². The number of hydrogen-bond acceptors (Lipinski definition) is 6. The van der Waals surface area contributed by atoms with Crippen LogP contribution in [0.4, 0.5) is 17.3 Å². The molecule has 8 heteroatoms. The smallest absolute Gasteiger partial charge is 0.277 e. The minimum absolute atomic E-state index is 0.214. The molecule has 0 bridgehead atoms. The first-order chi connectivity index (χ1) is 13.4. The summed E-state index contributed by atoms with van der Waals surface area (Å²) in [5.74, 6) is 0.945. The Balaban J connectivity index is 1.86. The molecule has 4 rings (SSSR count). The number of pyridine rings is 1. The molecule has 2 aromatic heterocycles. The Kier molecular flexibility index (Phi) is 4.41. The lowest BCUT2D eigenvalue weighted by atomic mass is 9.91. The van der Waals surface area contributed by atoms with E-state index >= 15 is 0 Å². The summed E-state index contributed by atoms with van der Waals surface area (Å²) in [5.41, 5.74) is 6.11. The molecule has 2 aliphatic rings. The van der Waals surface area contributed by atoms with Gasteiger partial charge in [-0.1, -0.05) is 19.4 Å². The number of nitrogens with one attached hydrogen (secondary N) is 2. The van der Waals surface area contributed by atoms with E-state index in [1.165, 1.54) is 6.33 Å². The van der Waals surface area contributed by atoms with Gasteiger partial charge in [-0.25, -0.2) is 9.97 Å². The standard InChI is InChI=1S/C20H24N6O2/c1-3-13-6-4-5-7-20(10-13)25-18(27)17-12(2)8-14(19(28)26(17)20)24-16-9-15(21)22-11-23-16/h5,7-9,11,13H,3-4,6,10H2,1-2H3,(H,25,27)(H3,21,22,23,24). The summed E-state index contributed by atoms with van der Waals surface area (Å²) in [6.45, 7) is 3.98. The number of allylic oxidation sites excluding steroid dienone is 1. The normalized spacial score (nSPS) is 23.4. The van der Waals surface area contributed by atoms with Crippen molar-refractivity contribution in [3.05, 3.63) is 52.2 Å². The highest BCUT2D eigenvalue weighted by atomic mass is 16.2. The van der Waals surface area contributed by atoms with Gasteiger partial charge in [-0.3, -0.25) is 14.2 Å². The van der Waals surface area contributed by atoms with Crippen LogP contribution in [-0.2, 0) is 5.66 Å². The molecule has 0 aromatic carbocycles. The van der Waals surface area contributed by atoms with Crippen LogP contribution < -0.4 is 21.9 Å². The minimum Gasteiger partial charge on any atom is -0.384 e. The van der Waals surface area contributed by atoms with E-state index in [1.54, 1.807) is 16.7 Å². The van der Waals surface area contributed by atoms with Crippen molar-refractivity contribution in [2.75, 3.05) is 11.1 Å².